The molecule has 0 aromatic carbocycles. The maximum absolute atomic E-state index is 12.3. The molecule has 98 valence electrons. The smallest absolute Gasteiger partial charge is 0.362 e. The van der Waals surface area contributed by atoms with Gasteiger partial charge in [0, 0.05) is 23.8 Å². The van der Waals surface area contributed by atoms with Crippen LogP contribution in [0.25, 0.3) is 0 Å². The van der Waals surface area contributed by atoms with Crippen molar-refractivity contribution in [2.24, 2.45) is 0 Å². The van der Waals surface area contributed by atoms with Gasteiger partial charge in [0.2, 0.25) is 0 Å². The minimum Gasteiger partial charge on any atom is -0.362 e. The van der Waals surface area contributed by atoms with Crippen LogP contribution in [-0.2, 0) is 12.7 Å². The van der Waals surface area contributed by atoms with Crippen molar-refractivity contribution in [1.29, 1.82) is 0 Å². The average molecular weight is 276 g/mol. The molecule has 2 heterocycles. The molecule has 0 spiro atoms. The minimum atomic E-state index is -4.39. The van der Waals surface area contributed by atoms with Crippen molar-refractivity contribution < 1.29 is 13.2 Å². The van der Waals surface area contributed by atoms with Crippen LogP contribution >= 0.6 is 11.3 Å². The fraction of sp³-hybridized carbons (Fsp3) is 0.400. The van der Waals surface area contributed by atoms with Gasteiger partial charge < -0.3 is 5.32 Å². The molecule has 4 nitrogen and oxygen atoms in total. The lowest BCUT2D eigenvalue weighted by Gasteiger charge is -2.01. The van der Waals surface area contributed by atoms with Crippen molar-refractivity contribution in [3.05, 3.63) is 29.0 Å². The summed E-state index contributed by atoms with van der Waals surface area (Å²) in [5.74, 6) is 0. The van der Waals surface area contributed by atoms with Crippen LogP contribution in [0.2, 0.25) is 0 Å². The molecule has 0 aliphatic heterocycles. The second-order valence-electron chi connectivity index (χ2n) is 3.56. The molecule has 1 N–H and O–H groups in total. The lowest BCUT2D eigenvalue weighted by atomic mass is 10.4. The van der Waals surface area contributed by atoms with Crippen LogP contribution in [0, 0.1) is 0 Å². The zero-order valence-corrected chi connectivity index (χ0v) is 10.3. The molecule has 2 rings (SSSR count). The molecule has 2 aromatic heterocycles. The molecule has 18 heavy (non-hydrogen) atoms. The number of halogens is 3. The van der Waals surface area contributed by atoms with Gasteiger partial charge in [-0.15, -0.1) is 11.3 Å². The Labute approximate surface area is 105 Å². The number of thiazole rings is 1. The molecular weight excluding hydrogens is 265 g/mol. The standard InChI is InChI=1S/C10H11F3N4S/c1-2-14-9-15-5-7(18-9)6-17-4-3-8(16-17)10(11,12)13/h3-5H,2,6H2,1H3,(H,14,15). The van der Waals surface area contributed by atoms with Crippen molar-refractivity contribution in [3.63, 3.8) is 0 Å². The third-order valence-electron chi connectivity index (χ3n) is 2.13. The van der Waals surface area contributed by atoms with Crippen LogP contribution in [0.5, 0.6) is 0 Å². The largest absolute Gasteiger partial charge is 0.435 e. The summed E-state index contributed by atoms with van der Waals surface area (Å²) in [6.07, 6.45) is -1.44. The molecular formula is C10H11F3N4S. The Hall–Kier alpha value is -1.57. The minimum absolute atomic E-state index is 0.291. The Bertz CT molecular complexity index is 517. The third kappa shape index (κ3) is 3.00. The molecule has 0 atom stereocenters. The summed E-state index contributed by atoms with van der Waals surface area (Å²) < 4.78 is 38.3. The highest BCUT2D eigenvalue weighted by Gasteiger charge is 2.33. The molecule has 8 heteroatoms. The summed E-state index contributed by atoms with van der Waals surface area (Å²) in [5, 5.41) is 7.28. The Morgan fingerprint density at radius 3 is 2.83 bits per heavy atom. The SMILES string of the molecule is CCNc1ncc(Cn2ccc(C(F)(F)F)n2)s1. The predicted molar refractivity (Wildman–Crippen MR) is 62.6 cm³/mol. The Morgan fingerprint density at radius 1 is 1.44 bits per heavy atom. The van der Waals surface area contributed by atoms with Crippen molar-refractivity contribution >= 4 is 16.5 Å². The summed E-state index contributed by atoms with van der Waals surface area (Å²) in [6, 6.07) is 0.965. The van der Waals surface area contributed by atoms with Gasteiger partial charge in [-0.1, -0.05) is 0 Å². The van der Waals surface area contributed by atoms with E-state index in [1.807, 2.05) is 6.92 Å². The van der Waals surface area contributed by atoms with Crippen LogP contribution in [0.1, 0.15) is 17.5 Å². The van der Waals surface area contributed by atoms with Crippen LogP contribution in [0.4, 0.5) is 18.3 Å². The summed E-state index contributed by atoms with van der Waals surface area (Å²) >= 11 is 1.40. The molecule has 0 radical (unpaired) electrons. The number of nitrogens with zero attached hydrogens (tertiary/aromatic N) is 3. The van der Waals surface area contributed by atoms with E-state index in [4.69, 9.17) is 0 Å². The van der Waals surface area contributed by atoms with Crippen LogP contribution < -0.4 is 5.32 Å². The van der Waals surface area contributed by atoms with Gasteiger partial charge in [-0.25, -0.2) is 4.98 Å². The maximum Gasteiger partial charge on any atom is 0.435 e. The van der Waals surface area contributed by atoms with E-state index in [0.717, 1.165) is 22.6 Å². The molecule has 0 unspecified atom stereocenters. The van der Waals surface area contributed by atoms with Gasteiger partial charge in [-0.3, -0.25) is 4.68 Å². The lowest BCUT2D eigenvalue weighted by molar-refractivity contribution is -0.141. The first kappa shape index (κ1) is 12.9. The third-order valence-corrected chi connectivity index (χ3v) is 3.07. The lowest BCUT2D eigenvalue weighted by Crippen LogP contribution is -2.08. The maximum atomic E-state index is 12.3. The number of hydrogen-bond donors (Lipinski definition) is 1. The van der Waals surface area contributed by atoms with Crippen LogP contribution in [-0.4, -0.2) is 21.3 Å². The van der Waals surface area contributed by atoms with E-state index in [0.29, 0.717) is 6.54 Å². The van der Waals surface area contributed by atoms with Crippen molar-refractivity contribution in [2.45, 2.75) is 19.6 Å². The fourth-order valence-corrected chi connectivity index (χ4v) is 2.25. The molecule has 0 amide bonds. The van der Waals surface area contributed by atoms with Crippen molar-refractivity contribution in [2.75, 3.05) is 11.9 Å². The Morgan fingerprint density at radius 2 is 2.22 bits per heavy atom. The van der Waals surface area contributed by atoms with Gasteiger partial charge in [-0.2, -0.15) is 18.3 Å². The number of anilines is 1. The van der Waals surface area contributed by atoms with Gasteiger partial charge in [0.1, 0.15) is 0 Å². The molecule has 0 fully saturated rings. The highest BCUT2D eigenvalue weighted by molar-refractivity contribution is 7.15. The summed E-state index contributed by atoms with van der Waals surface area (Å²) in [5.41, 5.74) is -0.876. The molecule has 2 aromatic rings. The summed E-state index contributed by atoms with van der Waals surface area (Å²) in [4.78, 5) is 4.95. The van der Waals surface area contributed by atoms with Gasteiger partial charge >= 0.3 is 6.18 Å². The zero-order chi connectivity index (χ0) is 13.2. The molecule has 0 bridgehead atoms. The summed E-state index contributed by atoms with van der Waals surface area (Å²) in [7, 11) is 0. The topological polar surface area (TPSA) is 42.7 Å². The first-order chi connectivity index (χ1) is 8.49. The van der Waals surface area contributed by atoms with E-state index in [1.54, 1.807) is 6.20 Å². The fourth-order valence-electron chi connectivity index (χ4n) is 1.37. The van der Waals surface area contributed by atoms with E-state index in [-0.39, 0.29) is 0 Å². The van der Waals surface area contributed by atoms with E-state index < -0.39 is 11.9 Å². The van der Waals surface area contributed by atoms with E-state index in [9.17, 15) is 13.2 Å². The first-order valence-electron chi connectivity index (χ1n) is 5.28. The second kappa shape index (κ2) is 4.97. The van der Waals surface area contributed by atoms with Gasteiger partial charge in [0.05, 0.1) is 6.54 Å². The highest BCUT2D eigenvalue weighted by atomic mass is 32.1. The molecule has 0 aliphatic rings. The van der Waals surface area contributed by atoms with E-state index in [2.05, 4.69) is 15.4 Å². The average Bonchev–Trinajstić information content (AvgIpc) is 2.88. The zero-order valence-electron chi connectivity index (χ0n) is 9.53. The van der Waals surface area contributed by atoms with E-state index >= 15 is 0 Å². The number of rotatable bonds is 4. The van der Waals surface area contributed by atoms with Gasteiger partial charge in [0.25, 0.3) is 0 Å². The number of nitrogens with one attached hydrogen (secondary N) is 1. The number of hydrogen-bond acceptors (Lipinski definition) is 4. The molecule has 0 aliphatic carbocycles. The van der Waals surface area contributed by atoms with Gasteiger partial charge in [0.15, 0.2) is 10.8 Å². The second-order valence-corrected chi connectivity index (χ2v) is 4.67. The highest BCUT2D eigenvalue weighted by Crippen LogP contribution is 2.27. The number of aromatic nitrogens is 3. The Balaban J connectivity index is 2.06. The normalized spacial score (nSPS) is 11.8. The molecule has 0 saturated carbocycles. The number of alkyl halides is 3. The monoisotopic (exact) mass is 276 g/mol. The van der Waals surface area contributed by atoms with Crippen molar-refractivity contribution in [3.8, 4) is 0 Å². The van der Waals surface area contributed by atoms with Gasteiger partial charge in [-0.05, 0) is 13.0 Å². The first-order valence-corrected chi connectivity index (χ1v) is 6.10. The van der Waals surface area contributed by atoms with E-state index in [1.165, 1.54) is 22.2 Å². The summed E-state index contributed by atoms with van der Waals surface area (Å²) in [6.45, 7) is 3.00. The van der Waals surface area contributed by atoms with Crippen LogP contribution in [0.3, 0.4) is 0 Å². The Kier molecular flexibility index (Phi) is 3.55. The molecule has 0 saturated heterocycles. The quantitative estimate of drug-likeness (QED) is 0.933. The van der Waals surface area contributed by atoms with Crippen LogP contribution in [0.15, 0.2) is 18.5 Å². The van der Waals surface area contributed by atoms with Crippen molar-refractivity contribution in [1.82, 2.24) is 14.8 Å². The predicted octanol–water partition coefficient (Wildman–Crippen LogP) is 2.84.